The molecule has 2 aromatic heterocycles. The molecule has 2 aromatic carbocycles. The smallest absolute Gasteiger partial charge is 0.489 e. The molecule has 182 valence electrons. The first kappa shape index (κ1) is 27.5. The molecule has 4 aromatic rings. The van der Waals surface area contributed by atoms with E-state index < -0.39 is 11.4 Å². The van der Waals surface area contributed by atoms with Gasteiger partial charge in [0.1, 0.15) is 19.0 Å². The van der Waals surface area contributed by atoms with Crippen LogP contribution in [0.3, 0.4) is 0 Å². The second-order valence-electron chi connectivity index (χ2n) is 8.12. The number of rotatable bonds is 9. The summed E-state index contributed by atoms with van der Waals surface area (Å²) in [6.45, 7) is 6.67. The third-order valence-corrected chi connectivity index (χ3v) is 5.66. The molecule has 2 heterocycles. The quantitative estimate of drug-likeness (QED) is 0.313. The second kappa shape index (κ2) is 12.2. The van der Waals surface area contributed by atoms with Crippen molar-refractivity contribution in [3.8, 4) is 22.8 Å². The van der Waals surface area contributed by atoms with Gasteiger partial charge in [-0.25, -0.2) is 9.78 Å². The first-order valence-corrected chi connectivity index (χ1v) is 11.1. The monoisotopic (exact) mass is 499 g/mol. The molecule has 0 spiro atoms. The fourth-order valence-electron chi connectivity index (χ4n) is 3.94. The zero-order chi connectivity index (χ0) is 24.9. The molecule has 0 aliphatic heterocycles. The van der Waals surface area contributed by atoms with Gasteiger partial charge >= 0.3 is 35.3 Å². The van der Waals surface area contributed by atoms with Crippen LogP contribution in [0.2, 0.25) is 0 Å². The van der Waals surface area contributed by atoms with E-state index >= 15 is 0 Å². The van der Waals surface area contributed by atoms with Crippen molar-refractivity contribution in [2.45, 2.75) is 33.9 Å². The van der Waals surface area contributed by atoms with E-state index in [4.69, 9.17) is 19.1 Å². The van der Waals surface area contributed by atoms with Crippen LogP contribution in [-0.2, 0) is 13.2 Å². The van der Waals surface area contributed by atoms with Crippen molar-refractivity contribution in [3.63, 3.8) is 0 Å². The Balaban J connectivity index is 0.00000361. The van der Waals surface area contributed by atoms with E-state index in [0.29, 0.717) is 18.2 Å². The van der Waals surface area contributed by atoms with Crippen LogP contribution in [-0.4, -0.2) is 28.0 Å². The first-order valence-electron chi connectivity index (χ1n) is 11.1. The standard InChI is InChI=1S/C26H27N3O6.Na/c1-16-13-23(33-12-11-30)27-18(3)24(16)22-6-4-5-20(17(22)2)15-34-21-9-7-19(8-10-21)14-29-25(31)28-26(32)35-29;/h4-10,13,30H,11-12,14-15H2,1-3H3,(H,28,31,32);/q;+1/p-1. The normalized spacial score (nSPS) is 10.7. The number of benzene rings is 2. The summed E-state index contributed by atoms with van der Waals surface area (Å²) in [5.41, 5.74) is 6.22. The topological polar surface area (TPSA) is 118 Å². The maximum Gasteiger partial charge on any atom is 1.00 e. The number of ether oxygens (including phenoxy) is 2. The van der Waals surface area contributed by atoms with Gasteiger partial charge < -0.3 is 24.1 Å². The van der Waals surface area contributed by atoms with Crippen molar-refractivity contribution in [1.82, 2.24) is 14.7 Å². The Morgan fingerprint density at radius 3 is 2.44 bits per heavy atom. The van der Waals surface area contributed by atoms with Crippen LogP contribution >= 0.6 is 0 Å². The van der Waals surface area contributed by atoms with Gasteiger partial charge in [0.05, 0.1) is 6.61 Å². The second-order valence-corrected chi connectivity index (χ2v) is 8.12. The molecular formula is C26H26N3NaO6. The van der Waals surface area contributed by atoms with Crippen molar-refractivity contribution in [2.75, 3.05) is 13.2 Å². The van der Waals surface area contributed by atoms with Crippen LogP contribution in [0.5, 0.6) is 11.6 Å². The van der Waals surface area contributed by atoms with Crippen LogP contribution < -0.4 is 55.5 Å². The number of aliphatic hydroxyl groups excluding tert-OH is 1. The van der Waals surface area contributed by atoms with E-state index in [9.17, 15) is 9.59 Å². The summed E-state index contributed by atoms with van der Waals surface area (Å²) in [6, 6.07) is 15.2. The van der Waals surface area contributed by atoms with Crippen molar-refractivity contribution >= 4 is 0 Å². The van der Waals surface area contributed by atoms with E-state index in [-0.39, 0.29) is 49.3 Å². The average molecular weight is 499 g/mol. The Morgan fingerprint density at radius 1 is 1.06 bits per heavy atom. The largest absolute Gasteiger partial charge is 1.00 e. The molecule has 36 heavy (non-hydrogen) atoms. The van der Waals surface area contributed by atoms with Crippen LogP contribution in [0, 0.1) is 20.8 Å². The maximum absolute atomic E-state index is 11.5. The van der Waals surface area contributed by atoms with Crippen LogP contribution in [0.1, 0.15) is 27.9 Å². The van der Waals surface area contributed by atoms with Gasteiger partial charge in [-0.1, -0.05) is 30.3 Å². The Labute approximate surface area is 230 Å². The van der Waals surface area contributed by atoms with E-state index in [1.807, 2.05) is 32.0 Å². The molecule has 4 rings (SSSR count). The van der Waals surface area contributed by atoms with E-state index in [1.54, 1.807) is 24.3 Å². The van der Waals surface area contributed by atoms with Gasteiger partial charge in [0, 0.05) is 23.9 Å². The summed E-state index contributed by atoms with van der Waals surface area (Å²) in [6.07, 6.45) is 0. The third-order valence-electron chi connectivity index (χ3n) is 5.66. The summed E-state index contributed by atoms with van der Waals surface area (Å²) < 4.78 is 17.1. The van der Waals surface area contributed by atoms with Gasteiger partial charge in [0.15, 0.2) is 5.69 Å². The number of aryl methyl sites for hydroxylation is 2. The molecule has 0 radical (unpaired) electrons. The Morgan fingerprint density at radius 2 is 1.81 bits per heavy atom. The van der Waals surface area contributed by atoms with Gasteiger partial charge in [-0.3, -0.25) is 9.53 Å². The molecule has 0 aliphatic rings. The van der Waals surface area contributed by atoms with Gasteiger partial charge in [-0.05, 0) is 60.7 Å². The first-order chi connectivity index (χ1) is 16.9. The van der Waals surface area contributed by atoms with Crippen molar-refractivity contribution < 1.29 is 48.7 Å². The number of pyridine rings is 1. The minimum absolute atomic E-state index is 0. The molecule has 0 saturated heterocycles. The molecule has 10 heteroatoms. The van der Waals surface area contributed by atoms with E-state index in [1.165, 1.54) is 0 Å². The molecule has 9 nitrogen and oxygen atoms in total. The summed E-state index contributed by atoms with van der Waals surface area (Å²) in [5.74, 6) is 0.270. The minimum Gasteiger partial charge on any atom is -0.489 e. The fraction of sp³-hybridized carbons (Fsp3) is 0.269. The predicted molar refractivity (Wildman–Crippen MR) is 129 cm³/mol. The Kier molecular flexibility index (Phi) is 9.33. The molecule has 0 unspecified atom stereocenters. The number of nitrogens with zero attached hydrogens (tertiary/aromatic N) is 3. The van der Waals surface area contributed by atoms with Gasteiger partial charge in [-0.2, -0.15) is 0 Å². The molecule has 1 N–H and O–H groups in total. The van der Waals surface area contributed by atoms with Crippen molar-refractivity contribution in [3.05, 3.63) is 97.5 Å². The van der Waals surface area contributed by atoms with Crippen LogP contribution in [0.15, 0.2) is 62.6 Å². The van der Waals surface area contributed by atoms with Crippen LogP contribution in [0.4, 0.5) is 0 Å². The molecule has 0 saturated carbocycles. The Bertz CT molecular complexity index is 1420. The predicted octanol–water partition coefficient (Wildman–Crippen LogP) is -0.252. The van der Waals surface area contributed by atoms with Gasteiger partial charge in [-0.15, -0.1) is 0 Å². The summed E-state index contributed by atoms with van der Waals surface area (Å²) in [7, 11) is 0. The Hall–Kier alpha value is -3.11. The summed E-state index contributed by atoms with van der Waals surface area (Å²) >= 11 is 0. The zero-order valence-corrected chi connectivity index (χ0v) is 22.8. The number of hydrogen-bond acceptors (Lipinski definition) is 7. The maximum atomic E-state index is 11.5. The van der Waals surface area contributed by atoms with Gasteiger partial charge in [0.25, 0.3) is 0 Å². The molecule has 0 fully saturated rings. The molecule has 0 amide bonds. The third kappa shape index (κ3) is 6.36. The average Bonchev–Trinajstić information content (AvgIpc) is 3.14. The molecule has 0 aliphatic carbocycles. The molecule has 0 atom stereocenters. The minimum atomic E-state index is -0.903. The zero-order valence-electron chi connectivity index (χ0n) is 20.8. The number of aliphatic hydroxyl groups is 1. The number of hydrogen-bond donors (Lipinski definition) is 1. The SMILES string of the molecule is Cc1cc(OCCO)nc(C)c1-c1cccc(COc2ccc(Cn3oc(=O)[n-]c3=O)cc2)c1C.[Na+]. The molecule has 0 bridgehead atoms. The van der Waals surface area contributed by atoms with E-state index in [2.05, 4.69) is 23.0 Å². The van der Waals surface area contributed by atoms with Crippen LogP contribution in [0.25, 0.3) is 11.1 Å². The van der Waals surface area contributed by atoms with Crippen molar-refractivity contribution in [2.24, 2.45) is 0 Å². The van der Waals surface area contributed by atoms with Gasteiger partial charge in [0.2, 0.25) is 5.88 Å². The molecular weight excluding hydrogens is 473 g/mol. The summed E-state index contributed by atoms with van der Waals surface area (Å²) in [4.78, 5) is 30.4. The van der Waals surface area contributed by atoms with E-state index in [0.717, 1.165) is 43.8 Å². The number of aromatic nitrogens is 3. The van der Waals surface area contributed by atoms with Crippen molar-refractivity contribution in [1.29, 1.82) is 0 Å². The fourth-order valence-corrected chi connectivity index (χ4v) is 3.94. The summed E-state index contributed by atoms with van der Waals surface area (Å²) in [5, 5.41) is 8.99.